The third kappa shape index (κ3) is 2.76. The molecule has 1 heterocycles. The lowest BCUT2D eigenvalue weighted by atomic mass is 10.1. The molecule has 1 atom stereocenters. The fourth-order valence-electron chi connectivity index (χ4n) is 2.10. The maximum absolute atomic E-state index is 12.4. The molecule has 0 saturated carbocycles. The lowest BCUT2D eigenvalue weighted by molar-refractivity contribution is 0.0563. The summed E-state index contributed by atoms with van der Waals surface area (Å²) in [4.78, 5) is 14.2. The van der Waals surface area contributed by atoms with Crippen molar-refractivity contribution in [2.75, 3.05) is 25.4 Å². The van der Waals surface area contributed by atoms with Crippen molar-refractivity contribution in [2.24, 2.45) is 0 Å². The van der Waals surface area contributed by atoms with Crippen molar-refractivity contribution in [3.63, 3.8) is 0 Å². The minimum atomic E-state index is -0.115. The van der Waals surface area contributed by atoms with E-state index in [1.165, 1.54) is 0 Å². The van der Waals surface area contributed by atoms with Gasteiger partial charge in [-0.25, -0.2) is 0 Å². The van der Waals surface area contributed by atoms with E-state index in [0.29, 0.717) is 36.0 Å². The second-order valence-corrected chi connectivity index (χ2v) is 4.90. The number of carbonyl (C=O) groups excluding carboxylic acids is 1. The summed E-state index contributed by atoms with van der Waals surface area (Å²) in [6, 6.07) is 5.11. The van der Waals surface area contributed by atoms with Gasteiger partial charge in [-0.1, -0.05) is 17.7 Å². The number of anilines is 1. The molecule has 0 aliphatic carbocycles. The first-order chi connectivity index (χ1) is 8.59. The Bertz CT molecular complexity index is 430. The molecule has 98 valence electrons. The normalized spacial score (nSPS) is 20.6. The molecule has 1 aliphatic rings. The number of nitrogen functional groups attached to an aromatic ring is 1. The lowest BCUT2D eigenvalue weighted by Crippen LogP contribution is -2.36. The molecule has 1 aliphatic heterocycles. The van der Waals surface area contributed by atoms with Gasteiger partial charge in [0.1, 0.15) is 0 Å². The van der Waals surface area contributed by atoms with Crippen molar-refractivity contribution in [1.82, 2.24) is 4.90 Å². The molecule has 0 spiro atoms. The number of amides is 1. The molecular formula is C13H17ClN2O2. The predicted molar refractivity (Wildman–Crippen MR) is 71.8 cm³/mol. The summed E-state index contributed by atoms with van der Waals surface area (Å²) in [6.45, 7) is 3.89. The van der Waals surface area contributed by atoms with Crippen LogP contribution >= 0.6 is 11.6 Å². The highest BCUT2D eigenvalue weighted by molar-refractivity contribution is 6.34. The Hall–Kier alpha value is -1.26. The highest BCUT2D eigenvalue weighted by Crippen LogP contribution is 2.24. The Morgan fingerprint density at radius 2 is 2.33 bits per heavy atom. The molecule has 0 radical (unpaired) electrons. The van der Waals surface area contributed by atoms with Crippen LogP contribution in [0.25, 0.3) is 0 Å². The van der Waals surface area contributed by atoms with E-state index in [-0.39, 0.29) is 12.0 Å². The van der Waals surface area contributed by atoms with Gasteiger partial charge in [-0.15, -0.1) is 0 Å². The second-order valence-electron chi connectivity index (χ2n) is 4.49. The Balaban J connectivity index is 2.24. The van der Waals surface area contributed by atoms with Gasteiger partial charge in [0.25, 0.3) is 5.91 Å². The average Bonchev–Trinajstić information content (AvgIpc) is 2.53. The standard InChI is InChI=1S/C13H17ClN2O2/c1-9-8-16(6-3-7-18-9)13(17)12-10(14)4-2-5-11(12)15/h2,4-5,9H,3,6-8,15H2,1H3. The molecule has 4 nitrogen and oxygen atoms in total. The van der Waals surface area contributed by atoms with Crippen LogP contribution < -0.4 is 5.73 Å². The van der Waals surface area contributed by atoms with Crippen molar-refractivity contribution in [2.45, 2.75) is 19.4 Å². The summed E-state index contributed by atoms with van der Waals surface area (Å²) in [6.07, 6.45) is 0.876. The molecule has 1 aromatic rings. The van der Waals surface area contributed by atoms with E-state index in [1.54, 1.807) is 23.1 Å². The zero-order valence-corrected chi connectivity index (χ0v) is 11.1. The molecule has 1 fully saturated rings. The number of hydrogen-bond acceptors (Lipinski definition) is 3. The molecule has 1 unspecified atom stereocenters. The topological polar surface area (TPSA) is 55.6 Å². The van der Waals surface area contributed by atoms with Crippen molar-refractivity contribution in [1.29, 1.82) is 0 Å². The highest BCUT2D eigenvalue weighted by atomic mass is 35.5. The molecule has 2 N–H and O–H groups in total. The number of halogens is 1. The molecule has 0 bridgehead atoms. The molecule has 1 saturated heterocycles. The van der Waals surface area contributed by atoms with Crippen molar-refractivity contribution in [3.8, 4) is 0 Å². The summed E-state index contributed by atoms with van der Waals surface area (Å²) >= 11 is 6.06. The van der Waals surface area contributed by atoms with E-state index in [0.717, 1.165) is 6.42 Å². The fourth-order valence-corrected chi connectivity index (χ4v) is 2.37. The van der Waals surface area contributed by atoms with Gasteiger partial charge in [0.2, 0.25) is 0 Å². The van der Waals surface area contributed by atoms with E-state index in [1.807, 2.05) is 6.92 Å². The number of ether oxygens (including phenoxy) is 1. The molecule has 5 heteroatoms. The number of rotatable bonds is 1. The molecule has 1 amide bonds. The van der Waals surface area contributed by atoms with Gasteiger partial charge in [-0.2, -0.15) is 0 Å². The third-order valence-electron chi connectivity index (χ3n) is 3.00. The van der Waals surface area contributed by atoms with Crippen molar-refractivity contribution >= 4 is 23.2 Å². The van der Waals surface area contributed by atoms with Gasteiger partial charge in [-0.3, -0.25) is 4.79 Å². The van der Waals surface area contributed by atoms with Crippen LogP contribution in [-0.2, 0) is 4.74 Å². The van der Waals surface area contributed by atoms with Gasteiger partial charge in [-0.05, 0) is 25.5 Å². The third-order valence-corrected chi connectivity index (χ3v) is 3.31. The lowest BCUT2D eigenvalue weighted by Gasteiger charge is -2.23. The van der Waals surface area contributed by atoms with Crippen LogP contribution in [0.5, 0.6) is 0 Å². The van der Waals surface area contributed by atoms with Crippen molar-refractivity contribution in [3.05, 3.63) is 28.8 Å². The van der Waals surface area contributed by atoms with Crippen LogP contribution in [-0.4, -0.2) is 36.6 Å². The smallest absolute Gasteiger partial charge is 0.257 e. The van der Waals surface area contributed by atoms with Gasteiger partial charge >= 0.3 is 0 Å². The largest absolute Gasteiger partial charge is 0.398 e. The van der Waals surface area contributed by atoms with Crippen LogP contribution in [0.3, 0.4) is 0 Å². The van der Waals surface area contributed by atoms with E-state index < -0.39 is 0 Å². The summed E-state index contributed by atoms with van der Waals surface area (Å²) in [5.41, 5.74) is 6.66. The maximum atomic E-state index is 12.4. The van der Waals surface area contributed by atoms with E-state index in [9.17, 15) is 4.79 Å². The van der Waals surface area contributed by atoms with Crippen LogP contribution in [0.15, 0.2) is 18.2 Å². The number of hydrogen-bond donors (Lipinski definition) is 1. The van der Waals surface area contributed by atoms with Crippen LogP contribution in [0.2, 0.25) is 5.02 Å². The monoisotopic (exact) mass is 268 g/mol. The molecule has 1 aromatic carbocycles. The summed E-state index contributed by atoms with van der Waals surface area (Å²) in [5, 5.41) is 0.401. The van der Waals surface area contributed by atoms with Gasteiger partial charge in [0.05, 0.1) is 16.7 Å². The van der Waals surface area contributed by atoms with Crippen molar-refractivity contribution < 1.29 is 9.53 Å². The summed E-state index contributed by atoms with van der Waals surface area (Å²) in [5.74, 6) is -0.115. The maximum Gasteiger partial charge on any atom is 0.257 e. The highest BCUT2D eigenvalue weighted by Gasteiger charge is 2.24. The van der Waals surface area contributed by atoms with E-state index in [4.69, 9.17) is 22.1 Å². The number of carbonyl (C=O) groups is 1. The SMILES string of the molecule is CC1CN(C(=O)c2c(N)cccc2Cl)CCCO1. The molecule has 0 aromatic heterocycles. The first-order valence-corrected chi connectivity index (χ1v) is 6.42. The van der Waals surface area contributed by atoms with Crippen LogP contribution in [0.4, 0.5) is 5.69 Å². The average molecular weight is 269 g/mol. The number of benzene rings is 1. The van der Waals surface area contributed by atoms with Crippen LogP contribution in [0.1, 0.15) is 23.7 Å². The minimum Gasteiger partial charge on any atom is -0.398 e. The Kier molecular flexibility index (Phi) is 4.09. The second kappa shape index (κ2) is 5.59. The Labute approximate surface area is 112 Å². The van der Waals surface area contributed by atoms with Gasteiger partial charge in [0, 0.05) is 25.4 Å². The number of nitrogens with zero attached hydrogens (tertiary/aromatic N) is 1. The summed E-state index contributed by atoms with van der Waals surface area (Å²) in [7, 11) is 0. The number of nitrogens with two attached hydrogens (primary N) is 1. The Morgan fingerprint density at radius 3 is 3.06 bits per heavy atom. The minimum absolute atomic E-state index is 0.0418. The van der Waals surface area contributed by atoms with Crippen LogP contribution in [0, 0.1) is 0 Å². The first-order valence-electron chi connectivity index (χ1n) is 6.04. The molecule has 2 rings (SSSR count). The first kappa shape index (κ1) is 13.2. The van der Waals surface area contributed by atoms with E-state index in [2.05, 4.69) is 0 Å². The van der Waals surface area contributed by atoms with Gasteiger partial charge < -0.3 is 15.4 Å². The van der Waals surface area contributed by atoms with E-state index >= 15 is 0 Å². The Morgan fingerprint density at radius 1 is 1.56 bits per heavy atom. The predicted octanol–water partition coefficient (Wildman–Crippen LogP) is 2.17. The van der Waals surface area contributed by atoms with Gasteiger partial charge in [0.15, 0.2) is 0 Å². The molecule has 18 heavy (non-hydrogen) atoms. The molecular weight excluding hydrogens is 252 g/mol. The fraction of sp³-hybridized carbons (Fsp3) is 0.462. The zero-order chi connectivity index (χ0) is 13.1. The zero-order valence-electron chi connectivity index (χ0n) is 10.4. The quantitative estimate of drug-likeness (QED) is 0.794. The summed E-state index contributed by atoms with van der Waals surface area (Å²) < 4.78 is 5.52.